The number of anilines is 6. The predicted molar refractivity (Wildman–Crippen MR) is 511 cm³/mol. The molecule has 0 saturated carbocycles. The normalized spacial score (nSPS) is 15.2. The molecule has 7 heterocycles. The SMILES string of the molecule is [2H]c1c([2H])c([2H])c2c(c1[2H])c1c([2H])c([2H])c([2H])c([2H])c1n2-c1ccc2c(c1)N(c1cccc3c1oc1c(-n4c5c([2H])c([2H])c([2H])c([2H])c5c5c([2H])c([2H])c([2H])c([2H])c54)cccc13)c1cc(-n3c4ccc(C(C)(C)C)cc4c4cc(C(C)(C)C)ccc43)cc3c1B2c1ccc(-n2c4ccc(C(C)(C)C)cc4c4cc(C(C)(C)C)ccc42)cc1N3c1c(-c2ccccc2)cccc1-c1ccccc1. The van der Waals surface area contributed by atoms with Crippen molar-refractivity contribution < 1.29 is 26.3 Å². The minimum atomic E-state index is -0.726. The molecule has 0 saturated heterocycles. The molecular weight excluding hydrogens is 1460 g/mol. The second-order valence-corrected chi connectivity index (χ2v) is 36.5. The summed E-state index contributed by atoms with van der Waals surface area (Å²) >= 11 is 0. The van der Waals surface area contributed by atoms with Crippen molar-refractivity contribution in [2.24, 2.45) is 0 Å². The second kappa shape index (κ2) is 25.8. The molecular formula is C112H91BN6O. The first-order valence-electron chi connectivity index (χ1n) is 49.2. The molecule has 16 aromatic carbocycles. The van der Waals surface area contributed by atoms with Gasteiger partial charge in [0.05, 0.1) is 88.8 Å². The largest absolute Gasteiger partial charge is 0.452 e. The number of aromatic nitrogens is 4. The molecule has 0 unspecified atom stereocenters. The highest BCUT2D eigenvalue weighted by Crippen LogP contribution is 2.55. The van der Waals surface area contributed by atoms with Gasteiger partial charge in [0.15, 0.2) is 11.2 Å². The van der Waals surface area contributed by atoms with E-state index in [2.05, 4.69) is 272 Å². The van der Waals surface area contributed by atoms with E-state index in [1.54, 1.807) is 16.7 Å². The fourth-order valence-electron chi connectivity index (χ4n) is 19.3. The van der Waals surface area contributed by atoms with E-state index in [-0.39, 0.29) is 82.2 Å². The summed E-state index contributed by atoms with van der Waals surface area (Å²) in [5.41, 5.74) is 20.2. The number of hydrogen-bond acceptors (Lipinski definition) is 3. The van der Waals surface area contributed by atoms with E-state index in [1.807, 2.05) is 54.6 Å². The zero-order valence-electron chi connectivity index (χ0n) is 84.7. The van der Waals surface area contributed by atoms with Crippen molar-refractivity contribution in [2.45, 2.75) is 105 Å². The van der Waals surface area contributed by atoms with Gasteiger partial charge in [0.1, 0.15) is 0 Å². The Kier molecular flexibility index (Phi) is 12.2. The molecule has 0 atom stereocenters. The van der Waals surface area contributed by atoms with Gasteiger partial charge in [0.2, 0.25) is 0 Å². The Morgan fingerprint density at radius 3 is 1.02 bits per heavy atom. The van der Waals surface area contributed by atoms with E-state index in [9.17, 15) is 19.2 Å². The van der Waals surface area contributed by atoms with Crippen LogP contribution in [0, 0.1) is 0 Å². The highest BCUT2D eigenvalue weighted by Gasteiger charge is 2.46. The molecule has 7 nitrogen and oxygen atoms in total. The summed E-state index contributed by atoms with van der Waals surface area (Å²) in [5.74, 6) is 0. The Bertz CT molecular complexity index is 8590. The van der Waals surface area contributed by atoms with Crippen LogP contribution in [0.3, 0.4) is 0 Å². The van der Waals surface area contributed by atoms with Gasteiger partial charge < -0.3 is 32.5 Å². The molecule has 2 aliphatic rings. The third kappa shape index (κ3) is 10.7. The molecule has 5 aromatic heterocycles. The van der Waals surface area contributed by atoms with Gasteiger partial charge >= 0.3 is 0 Å². The van der Waals surface area contributed by atoms with E-state index in [1.165, 1.54) is 15.7 Å². The van der Waals surface area contributed by atoms with Crippen molar-refractivity contribution in [3.63, 3.8) is 0 Å². The first-order valence-corrected chi connectivity index (χ1v) is 41.2. The average Bonchev–Trinajstić information content (AvgIpc) is 1.10. The minimum Gasteiger partial charge on any atom is -0.452 e. The lowest BCUT2D eigenvalue weighted by Gasteiger charge is -2.45. The van der Waals surface area contributed by atoms with Crippen molar-refractivity contribution in [3.8, 4) is 45.0 Å². The van der Waals surface area contributed by atoms with Gasteiger partial charge in [-0.3, -0.25) is 0 Å². The molecule has 8 heteroatoms. The highest BCUT2D eigenvalue weighted by atomic mass is 16.3. The number of furan rings is 1. The lowest BCUT2D eigenvalue weighted by atomic mass is 9.33. The molecule has 21 aromatic rings. The van der Waals surface area contributed by atoms with E-state index < -0.39 is 103 Å². The van der Waals surface area contributed by atoms with Crippen LogP contribution in [0.1, 0.15) is 127 Å². The lowest BCUT2D eigenvalue weighted by molar-refractivity contribution is 0.590. The molecule has 0 aliphatic carbocycles. The molecule has 578 valence electrons. The molecule has 2 aliphatic heterocycles. The number of fused-ring (bicyclic) bond motifs is 19. The van der Waals surface area contributed by atoms with Crippen LogP contribution >= 0.6 is 0 Å². The van der Waals surface area contributed by atoms with Crippen LogP contribution in [0.2, 0.25) is 0 Å². The van der Waals surface area contributed by atoms with Crippen LogP contribution < -0.4 is 26.2 Å². The Balaban J connectivity index is 0.920. The highest BCUT2D eigenvalue weighted by molar-refractivity contribution is 7.00. The lowest BCUT2D eigenvalue weighted by Crippen LogP contribution is -2.61. The van der Waals surface area contributed by atoms with Crippen LogP contribution in [0.5, 0.6) is 0 Å². The maximum atomic E-state index is 10.0. The predicted octanol–water partition coefficient (Wildman–Crippen LogP) is 28.6. The Hall–Kier alpha value is -13.8. The van der Waals surface area contributed by atoms with Gasteiger partial charge in [-0.1, -0.05) is 295 Å². The average molecular weight is 1560 g/mol. The summed E-state index contributed by atoms with van der Waals surface area (Å²) in [5, 5.41) is 5.00. The summed E-state index contributed by atoms with van der Waals surface area (Å²) in [4.78, 5) is 4.68. The van der Waals surface area contributed by atoms with Gasteiger partial charge in [-0.05, 0) is 193 Å². The van der Waals surface area contributed by atoms with Crippen LogP contribution in [-0.2, 0) is 21.7 Å². The van der Waals surface area contributed by atoms with Gasteiger partial charge in [0, 0.05) is 99.1 Å². The van der Waals surface area contributed by atoms with Crippen LogP contribution in [-0.4, -0.2) is 25.0 Å². The van der Waals surface area contributed by atoms with Crippen LogP contribution in [0.4, 0.5) is 34.1 Å². The summed E-state index contributed by atoms with van der Waals surface area (Å²) in [6, 6.07) is 75.1. The first-order chi connectivity index (χ1) is 64.7. The molecule has 0 bridgehead atoms. The number of para-hydroxylation sites is 7. The van der Waals surface area contributed by atoms with Crippen molar-refractivity contribution in [1.82, 2.24) is 18.3 Å². The third-order valence-corrected chi connectivity index (χ3v) is 25.3. The summed E-state index contributed by atoms with van der Waals surface area (Å²) in [6.07, 6.45) is 0. The minimum absolute atomic E-state index is 0.0746. The topological polar surface area (TPSA) is 39.3 Å². The Labute approximate surface area is 722 Å². The molecule has 0 spiro atoms. The van der Waals surface area contributed by atoms with Crippen molar-refractivity contribution in [3.05, 3.63) is 356 Å². The van der Waals surface area contributed by atoms with E-state index >= 15 is 0 Å². The summed E-state index contributed by atoms with van der Waals surface area (Å²) in [6.45, 7) is 26.2. The van der Waals surface area contributed by atoms with E-state index in [4.69, 9.17) is 7.16 Å². The number of rotatable bonds is 8. The Morgan fingerprint density at radius 1 is 0.258 bits per heavy atom. The van der Waals surface area contributed by atoms with Crippen molar-refractivity contribution in [1.29, 1.82) is 0 Å². The molecule has 0 N–H and O–H groups in total. The summed E-state index contributed by atoms with van der Waals surface area (Å²) in [7, 11) is 0. The molecule has 0 fully saturated rings. The fourth-order valence-corrected chi connectivity index (χ4v) is 19.3. The zero-order valence-corrected chi connectivity index (χ0v) is 68.7. The molecule has 0 radical (unpaired) electrons. The molecule has 120 heavy (non-hydrogen) atoms. The first kappa shape index (κ1) is 56.5. The van der Waals surface area contributed by atoms with E-state index in [0.717, 1.165) is 122 Å². The van der Waals surface area contributed by atoms with Crippen molar-refractivity contribution in [2.75, 3.05) is 9.80 Å². The zero-order chi connectivity index (χ0) is 95.2. The maximum absolute atomic E-state index is 10.0. The Morgan fingerprint density at radius 2 is 0.600 bits per heavy atom. The van der Waals surface area contributed by atoms with Crippen LogP contribution in [0.25, 0.3) is 154 Å². The van der Waals surface area contributed by atoms with Gasteiger partial charge in [0.25, 0.3) is 6.71 Å². The number of benzene rings is 16. The number of nitrogens with zero attached hydrogens (tertiary/aromatic N) is 6. The quantitative estimate of drug-likeness (QED) is 0.142. The van der Waals surface area contributed by atoms with Gasteiger partial charge in [-0.25, -0.2) is 0 Å². The monoisotopic (exact) mass is 1560 g/mol. The molecule has 23 rings (SSSR count). The van der Waals surface area contributed by atoms with Crippen LogP contribution in [0.15, 0.2) is 338 Å². The van der Waals surface area contributed by atoms with Crippen molar-refractivity contribution >= 4 is 166 Å². The summed E-state index contributed by atoms with van der Waals surface area (Å²) < 4.78 is 168. The van der Waals surface area contributed by atoms with E-state index in [0.29, 0.717) is 33.4 Å². The standard InChI is InChI=1S/C112H91BN6O/c1-109(2,3)70-48-56-95-85(60-70)86-61-71(110(4,5)6)49-57-96(86)115(95)75-53-55-90-102(65-75)119(106-77(68-30-15-13-16-31-68)38-27-39-78(106)69-32-17-14-18-33-69)104-67-76(116-97-58-50-72(111(7,8)9)62-87(97)88-63-73(112(10,11)12)51-59-98(88)116)66-103-105(104)113(90)89-54-52-74(114-91-42-23-19-34-79(91)80-35-20-24-43-92(80)114)64-101(89)118(103)100-47-29-41-84-83-40-28-46-99(107(83)120-108(84)100)117-93-44-25-21-36-81(93)82-37-22-26-45-94(82)117/h13-67H,1-12H3/i19D,20D,21D,22D,23D,24D,25D,26D,34D,35D,36D,37D,42D,43D,44D,45D. The smallest absolute Gasteiger partial charge is 0.252 e. The third-order valence-electron chi connectivity index (χ3n) is 25.3. The molecule has 0 amide bonds. The maximum Gasteiger partial charge on any atom is 0.252 e. The number of hydrogen-bond donors (Lipinski definition) is 0. The van der Waals surface area contributed by atoms with Gasteiger partial charge in [-0.2, -0.15) is 0 Å². The second-order valence-electron chi connectivity index (χ2n) is 36.5. The van der Waals surface area contributed by atoms with Gasteiger partial charge in [-0.15, -0.1) is 0 Å². The fraction of sp³-hybridized carbons (Fsp3) is 0.143.